The monoisotopic (exact) mass is 534 g/mol. The highest BCUT2D eigenvalue weighted by Gasteiger charge is 2.32. The molecule has 0 aliphatic carbocycles. The highest BCUT2D eigenvalue weighted by atomic mass is 19.4. The zero-order valence-electron chi connectivity index (χ0n) is 22.4. The third-order valence-corrected chi connectivity index (χ3v) is 6.57. The Morgan fingerprint density at radius 1 is 1.08 bits per heavy atom. The molecule has 1 aliphatic heterocycles. The minimum atomic E-state index is -4.18. The second kappa shape index (κ2) is 12.6. The van der Waals surface area contributed by atoms with Gasteiger partial charge in [0.2, 0.25) is 0 Å². The average molecular weight is 535 g/mol. The summed E-state index contributed by atoms with van der Waals surface area (Å²) in [5, 5.41) is 19.4. The van der Waals surface area contributed by atoms with Crippen LogP contribution >= 0.6 is 0 Å². The van der Waals surface area contributed by atoms with Crippen LogP contribution in [0.4, 0.5) is 18.9 Å². The summed E-state index contributed by atoms with van der Waals surface area (Å²) in [5.74, 6) is 0.856. The van der Waals surface area contributed by atoms with E-state index in [1.807, 2.05) is 44.2 Å². The summed E-state index contributed by atoms with van der Waals surface area (Å²) in [6, 6.07) is 11.0. The third-order valence-electron chi connectivity index (χ3n) is 6.57. The number of nitrogens with zero attached hydrogens (tertiary/aromatic N) is 3. The fourth-order valence-electron chi connectivity index (χ4n) is 4.61. The van der Waals surface area contributed by atoms with E-state index in [1.54, 1.807) is 18.1 Å². The zero-order chi connectivity index (χ0) is 28.0. The number of halogens is 3. The third kappa shape index (κ3) is 7.49. The van der Waals surface area contributed by atoms with Crippen LogP contribution in [-0.4, -0.2) is 80.5 Å². The van der Waals surface area contributed by atoms with Crippen LogP contribution in [0.25, 0.3) is 5.70 Å². The molecule has 0 radical (unpaired) electrons. The number of hydrogen-bond acceptors (Lipinski definition) is 6. The number of ether oxygens (including phenoxy) is 2. The van der Waals surface area contributed by atoms with Crippen LogP contribution in [0.3, 0.4) is 0 Å². The molecule has 2 aromatic carbocycles. The number of benzene rings is 2. The van der Waals surface area contributed by atoms with E-state index in [1.165, 1.54) is 12.0 Å². The summed E-state index contributed by atoms with van der Waals surface area (Å²) >= 11 is 0. The maximum atomic E-state index is 12.7. The van der Waals surface area contributed by atoms with Gasteiger partial charge in [-0.1, -0.05) is 32.6 Å². The summed E-state index contributed by atoms with van der Waals surface area (Å²) in [6.45, 7) is 9.93. The Balaban J connectivity index is 1.79. The van der Waals surface area contributed by atoms with Crippen molar-refractivity contribution in [3.05, 3.63) is 59.7 Å². The molecule has 2 aromatic rings. The zero-order valence-corrected chi connectivity index (χ0v) is 22.4. The largest absolute Gasteiger partial charge is 0.507 e. The first-order valence-electron chi connectivity index (χ1n) is 12.5. The van der Waals surface area contributed by atoms with Crippen LogP contribution in [0.2, 0.25) is 0 Å². The Morgan fingerprint density at radius 3 is 2.21 bits per heavy atom. The van der Waals surface area contributed by atoms with Gasteiger partial charge in [-0.25, -0.2) is 0 Å². The first-order valence-corrected chi connectivity index (χ1v) is 12.5. The van der Waals surface area contributed by atoms with Crippen LogP contribution in [0.1, 0.15) is 36.5 Å². The highest BCUT2D eigenvalue weighted by Crippen LogP contribution is 2.38. The molecule has 208 valence electrons. The lowest BCUT2D eigenvalue weighted by atomic mass is 9.97. The van der Waals surface area contributed by atoms with Gasteiger partial charge in [-0.2, -0.15) is 13.2 Å². The van der Waals surface area contributed by atoms with Gasteiger partial charge in [0.15, 0.2) is 0 Å². The number of alkyl halides is 3. The molecule has 0 atom stereocenters. The van der Waals surface area contributed by atoms with Gasteiger partial charge in [0.1, 0.15) is 23.9 Å². The van der Waals surface area contributed by atoms with Crippen molar-refractivity contribution >= 4 is 17.2 Å². The smallest absolute Gasteiger partial charge is 0.401 e. The van der Waals surface area contributed by atoms with E-state index in [9.17, 15) is 18.3 Å². The van der Waals surface area contributed by atoms with Crippen LogP contribution < -0.4 is 9.64 Å². The lowest BCUT2D eigenvalue weighted by molar-refractivity contribution is -0.149. The van der Waals surface area contributed by atoms with Crippen molar-refractivity contribution < 1.29 is 27.8 Å². The normalized spacial score (nSPS) is 15.1. The molecule has 0 amide bonds. The molecule has 1 heterocycles. The van der Waals surface area contributed by atoms with Crippen LogP contribution in [0.5, 0.6) is 11.5 Å². The molecule has 10 heteroatoms. The van der Waals surface area contributed by atoms with E-state index >= 15 is 0 Å². The summed E-state index contributed by atoms with van der Waals surface area (Å²) in [4.78, 5) is 5.20. The lowest BCUT2D eigenvalue weighted by Crippen LogP contribution is -2.48. The molecule has 38 heavy (non-hydrogen) atoms. The number of hydrogen-bond donors (Lipinski definition) is 2. The van der Waals surface area contributed by atoms with Gasteiger partial charge < -0.3 is 14.6 Å². The van der Waals surface area contributed by atoms with E-state index in [4.69, 9.17) is 14.9 Å². The Labute approximate surface area is 222 Å². The van der Waals surface area contributed by atoms with Crippen molar-refractivity contribution in [3.8, 4) is 11.5 Å². The quantitative estimate of drug-likeness (QED) is 0.318. The molecule has 2 N–H and O–H groups in total. The standard InChI is InChI=1S/C28H37F3N4O3/c1-19(2)23-14-24(25(36)15-26(23)38-5)20(3)35(27(32)17-37-4)22-8-6-21(7-9-22)16-33-10-12-34(13-11-33)18-28(29,30)31/h6-9,14-15,19,32,36H,3,10-13,16-18H2,1-2,4-5H3. The van der Waals surface area contributed by atoms with Crippen LogP contribution in [0.15, 0.2) is 43.0 Å². The number of methoxy groups -OCH3 is 2. The number of phenolic OH excluding ortho intramolecular Hbond substituents is 1. The summed E-state index contributed by atoms with van der Waals surface area (Å²) in [6.07, 6.45) is -4.18. The van der Waals surface area contributed by atoms with Gasteiger partial charge >= 0.3 is 6.18 Å². The van der Waals surface area contributed by atoms with Crippen molar-refractivity contribution in [2.75, 3.05) is 58.5 Å². The van der Waals surface area contributed by atoms with Crippen molar-refractivity contribution in [1.82, 2.24) is 9.80 Å². The van der Waals surface area contributed by atoms with E-state index in [-0.39, 0.29) is 24.1 Å². The number of piperazine rings is 1. The second-order valence-electron chi connectivity index (χ2n) is 9.76. The van der Waals surface area contributed by atoms with Crippen molar-refractivity contribution in [2.45, 2.75) is 32.5 Å². The molecular weight excluding hydrogens is 497 g/mol. The molecule has 0 bridgehead atoms. The Morgan fingerprint density at radius 2 is 1.68 bits per heavy atom. The highest BCUT2D eigenvalue weighted by molar-refractivity contribution is 6.08. The molecule has 1 fully saturated rings. The summed E-state index contributed by atoms with van der Waals surface area (Å²) in [5.41, 5.74) is 3.50. The minimum absolute atomic E-state index is 0.00671. The van der Waals surface area contributed by atoms with E-state index < -0.39 is 12.7 Å². The number of anilines is 1. The van der Waals surface area contributed by atoms with Crippen LogP contribution in [0, 0.1) is 5.41 Å². The molecule has 7 nitrogen and oxygen atoms in total. The number of nitrogens with one attached hydrogen (secondary N) is 1. The van der Waals surface area contributed by atoms with E-state index in [2.05, 4.69) is 11.5 Å². The Kier molecular flexibility index (Phi) is 9.81. The summed E-state index contributed by atoms with van der Waals surface area (Å²) in [7, 11) is 3.06. The van der Waals surface area contributed by atoms with Gasteiger partial charge in [-0.05, 0) is 35.2 Å². The summed E-state index contributed by atoms with van der Waals surface area (Å²) < 4.78 is 48.6. The minimum Gasteiger partial charge on any atom is -0.507 e. The van der Waals surface area contributed by atoms with Gasteiger partial charge in [0.25, 0.3) is 0 Å². The Hall–Kier alpha value is -3.08. The average Bonchev–Trinajstić information content (AvgIpc) is 2.85. The number of aromatic hydroxyl groups is 1. The molecule has 1 aliphatic rings. The molecule has 0 unspecified atom stereocenters. The molecule has 0 saturated carbocycles. The van der Waals surface area contributed by atoms with Crippen LogP contribution in [-0.2, 0) is 11.3 Å². The predicted octanol–water partition coefficient (Wildman–Crippen LogP) is 5.31. The fourth-order valence-corrected chi connectivity index (χ4v) is 4.61. The first kappa shape index (κ1) is 29.5. The molecule has 1 saturated heterocycles. The fraction of sp³-hybridized carbons (Fsp3) is 0.464. The van der Waals surface area contributed by atoms with Gasteiger partial charge in [0, 0.05) is 57.2 Å². The molecule has 0 aromatic heterocycles. The van der Waals surface area contributed by atoms with Gasteiger partial charge in [0.05, 0.1) is 19.4 Å². The lowest BCUT2D eigenvalue weighted by Gasteiger charge is -2.35. The number of rotatable bonds is 10. The van der Waals surface area contributed by atoms with E-state index in [0.29, 0.717) is 55.4 Å². The Bertz CT molecular complexity index is 1110. The van der Waals surface area contributed by atoms with Gasteiger partial charge in [-0.3, -0.25) is 20.1 Å². The topological polar surface area (TPSA) is 72.3 Å². The number of phenols is 1. The van der Waals surface area contributed by atoms with E-state index in [0.717, 1.165) is 11.1 Å². The molecular formula is C28H37F3N4O3. The number of amidine groups is 1. The van der Waals surface area contributed by atoms with Crippen molar-refractivity contribution in [2.24, 2.45) is 0 Å². The molecule has 3 rings (SSSR count). The van der Waals surface area contributed by atoms with Crippen molar-refractivity contribution in [1.29, 1.82) is 5.41 Å². The molecule has 0 spiro atoms. The van der Waals surface area contributed by atoms with Gasteiger partial charge in [-0.15, -0.1) is 0 Å². The SMILES string of the molecule is C=C(c1cc(C(C)C)c(OC)cc1O)N(C(=N)COC)c1ccc(CN2CCN(CC(F)(F)F)CC2)cc1. The van der Waals surface area contributed by atoms with Crippen molar-refractivity contribution in [3.63, 3.8) is 0 Å². The first-order chi connectivity index (χ1) is 17.9. The second-order valence-corrected chi connectivity index (χ2v) is 9.76. The maximum absolute atomic E-state index is 12.7. The predicted molar refractivity (Wildman–Crippen MR) is 144 cm³/mol. The maximum Gasteiger partial charge on any atom is 0.401 e.